The molecule has 0 spiro atoms. The van der Waals surface area contributed by atoms with Crippen LogP contribution in [-0.4, -0.2) is 35.3 Å². The molecular formula is C27H30Cl2N2O2. The molecule has 174 valence electrons. The molecule has 1 heterocycles. The van der Waals surface area contributed by atoms with E-state index in [4.69, 9.17) is 23.2 Å². The molecule has 2 amide bonds. The first kappa shape index (κ1) is 22.7. The zero-order chi connectivity index (χ0) is 22.9. The summed E-state index contributed by atoms with van der Waals surface area (Å²) >= 11 is 13.3. The molecular weight excluding hydrogens is 455 g/mol. The second-order valence-corrected chi connectivity index (χ2v) is 10.6. The first-order valence-electron chi connectivity index (χ1n) is 12.2. The van der Waals surface area contributed by atoms with E-state index in [0.29, 0.717) is 34.1 Å². The van der Waals surface area contributed by atoms with Crippen molar-refractivity contribution < 1.29 is 9.59 Å². The minimum Gasteiger partial charge on any atom is -0.349 e. The summed E-state index contributed by atoms with van der Waals surface area (Å²) in [5.74, 6) is 0.189. The highest BCUT2D eigenvalue weighted by Gasteiger charge is 2.36. The number of likely N-dealkylation sites (tertiary alicyclic amines) is 1. The maximum Gasteiger partial charge on any atom is 0.251 e. The Morgan fingerprint density at radius 1 is 0.909 bits per heavy atom. The highest BCUT2D eigenvalue weighted by molar-refractivity contribution is 6.36. The quantitative estimate of drug-likeness (QED) is 0.524. The van der Waals surface area contributed by atoms with Gasteiger partial charge in [-0.15, -0.1) is 0 Å². The van der Waals surface area contributed by atoms with Crippen LogP contribution in [0.5, 0.6) is 0 Å². The minimum atomic E-state index is -0.0444. The molecule has 3 fully saturated rings. The average Bonchev–Trinajstić information content (AvgIpc) is 3.57. The third kappa shape index (κ3) is 5.07. The smallest absolute Gasteiger partial charge is 0.251 e. The molecule has 6 heteroatoms. The summed E-state index contributed by atoms with van der Waals surface area (Å²) in [6.45, 7) is 0.849. The zero-order valence-corrected chi connectivity index (χ0v) is 20.3. The van der Waals surface area contributed by atoms with E-state index in [-0.39, 0.29) is 17.7 Å². The van der Waals surface area contributed by atoms with Gasteiger partial charge in [0.25, 0.3) is 5.91 Å². The summed E-state index contributed by atoms with van der Waals surface area (Å²) in [4.78, 5) is 27.4. The Morgan fingerprint density at radius 3 is 2.21 bits per heavy atom. The summed E-state index contributed by atoms with van der Waals surface area (Å²) in [6.07, 6.45) is 9.60. The van der Waals surface area contributed by atoms with E-state index in [9.17, 15) is 9.59 Å². The summed E-state index contributed by atoms with van der Waals surface area (Å²) < 4.78 is 0. The van der Waals surface area contributed by atoms with Gasteiger partial charge in [0, 0.05) is 40.2 Å². The van der Waals surface area contributed by atoms with Crippen molar-refractivity contribution >= 4 is 35.0 Å². The number of rotatable bonds is 6. The molecule has 2 aliphatic carbocycles. The highest BCUT2D eigenvalue weighted by atomic mass is 35.5. The fourth-order valence-corrected chi connectivity index (χ4v) is 5.87. The Morgan fingerprint density at radius 2 is 1.58 bits per heavy atom. The number of hydrogen-bond acceptors (Lipinski definition) is 2. The first-order chi connectivity index (χ1) is 16.0. The van der Waals surface area contributed by atoms with Gasteiger partial charge in [-0.05, 0) is 79.5 Å². The van der Waals surface area contributed by atoms with Crippen molar-refractivity contribution in [2.24, 2.45) is 5.92 Å². The van der Waals surface area contributed by atoms with Gasteiger partial charge in [-0.2, -0.15) is 0 Å². The molecule has 1 unspecified atom stereocenters. The summed E-state index contributed by atoms with van der Waals surface area (Å²) in [5, 5.41) is 4.19. The molecule has 3 aliphatic rings. The molecule has 0 bridgehead atoms. The molecule has 2 saturated carbocycles. The Labute approximate surface area is 205 Å². The molecule has 0 aromatic heterocycles. The lowest BCUT2D eigenvalue weighted by Gasteiger charge is -2.31. The molecule has 1 atom stereocenters. The lowest BCUT2D eigenvalue weighted by molar-refractivity contribution is -0.133. The van der Waals surface area contributed by atoms with Gasteiger partial charge in [-0.25, -0.2) is 0 Å². The molecule has 5 rings (SSSR count). The fraction of sp³-hybridized carbons (Fsp3) is 0.481. The monoisotopic (exact) mass is 484 g/mol. The number of carbonyl (C=O) groups excluding carboxylic acids is 2. The lowest BCUT2D eigenvalue weighted by atomic mass is 9.93. The van der Waals surface area contributed by atoms with Gasteiger partial charge in [0.1, 0.15) is 0 Å². The fourth-order valence-electron chi connectivity index (χ4n) is 5.23. The van der Waals surface area contributed by atoms with Crippen molar-refractivity contribution in [3.05, 3.63) is 57.6 Å². The Bertz CT molecular complexity index is 1020. The van der Waals surface area contributed by atoms with Gasteiger partial charge >= 0.3 is 0 Å². The van der Waals surface area contributed by atoms with Crippen LogP contribution < -0.4 is 5.32 Å². The van der Waals surface area contributed by atoms with Crippen LogP contribution in [0.4, 0.5) is 0 Å². The third-order valence-corrected chi connectivity index (χ3v) is 8.03. The first-order valence-corrected chi connectivity index (χ1v) is 12.9. The summed E-state index contributed by atoms with van der Waals surface area (Å²) in [5.41, 5.74) is 3.37. The average molecular weight is 485 g/mol. The summed E-state index contributed by atoms with van der Waals surface area (Å²) in [6, 6.07) is 12.1. The van der Waals surface area contributed by atoms with E-state index in [0.717, 1.165) is 55.3 Å². The van der Waals surface area contributed by atoms with E-state index < -0.39 is 0 Å². The molecule has 4 nitrogen and oxygen atoms in total. The normalized spacial score (nSPS) is 21.5. The number of hydrogen-bond donors (Lipinski definition) is 1. The Balaban J connectivity index is 1.28. The van der Waals surface area contributed by atoms with E-state index >= 15 is 0 Å². The van der Waals surface area contributed by atoms with Crippen molar-refractivity contribution in [1.82, 2.24) is 10.2 Å². The zero-order valence-electron chi connectivity index (χ0n) is 18.8. The van der Waals surface area contributed by atoms with Crippen molar-refractivity contribution in [2.75, 3.05) is 6.54 Å². The number of nitrogens with one attached hydrogen (secondary N) is 1. The minimum absolute atomic E-state index is 0.0287. The molecule has 2 aromatic carbocycles. The molecule has 1 aliphatic heterocycles. The van der Waals surface area contributed by atoms with E-state index in [1.807, 2.05) is 36.4 Å². The van der Waals surface area contributed by atoms with Gasteiger partial charge in [0.15, 0.2) is 0 Å². The van der Waals surface area contributed by atoms with Crippen LogP contribution in [0.1, 0.15) is 67.3 Å². The predicted octanol–water partition coefficient (Wildman–Crippen LogP) is 6.28. The van der Waals surface area contributed by atoms with Crippen LogP contribution in [-0.2, 0) is 11.2 Å². The van der Waals surface area contributed by atoms with Crippen LogP contribution in [0.25, 0.3) is 11.1 Å². The second kappa shape index (κ2) is 9.68. The van der Waals surface area contributed by atoms with Gasteiger partial charge in [0.2, 0.25) is 5.91 Å². The third-order valence-electron chi connectivity index (χ3n) is 7.35. The number of benzene rings is 2. The molecule has 0 radical (unpaired) electrons. The maximum atomic E-state index is 13.1. The largest absolute Gasteiger partial charge is 0.349 e. The van der Waals surface area contributed by atoms with Gasteiger partial charge in [0.05, 0.1) is 0 Å². The van der Waals surface area contributed by atoms with Crippen molar-refractivity contribution in [1.29, 1.82) is 0 Å². The van der Waals surface area contributed by atoms with E-state index in [2.05, 4.69) is 10.2 Å². The number of nitrogens with zero attached hydrogens (tertiary/aromatic N) is 1. The highest BCUT2D eigenvalue weighted by Crippen LogP contribution is 2.36. The molecule has 1 saturated heterocycles. The standard InChI is InChI=1S/C27H30Cl2N2O2/c28-24-15-20(17-6-8-18(9-7-17)26(32)30-21-10-11-21)16-25(29)23(24)14-19-12-13-31(27(19)33)22-4-2-1-3-5-22/h6-9,15-16,19,21-22H,1-5,10-14H2,(H,30,32). The van der Waals surface area contributed by atoms with Crippen LogP contribution in [0, 0.1) is 5.92 Å². The van der Waals surface area contributed by atoms with Crippen LogP contribution in [0.15, 0.2) is 36.4 Å². The number of amides is 2. The van der Waals surface area contributed by atoms with Crippen LogP contribution >= 0.6 is 23.2 Å². The Kier molecular flexibility index (Phi) is 6.67. The van der Waals surface area contributed by atoms with Crippen LogP contribution in [0.2, 0.25) is 10.0 Å². The van der Waals surface area contributed by atoms with Crippen molar-refractivity contribution in [3.8, 4) is 11.1 Å². The topological polar surface area (TPSA) is 49.4 Å². The lowest BCUT2D eigenvalue weighted by Crippen LogP contribution is -2.39. The second-order valence-electron chi connectivity index (χ2n) is 9.76. The molecule has 33 heavy (non-hydrogen) atoms. The van der Waals surface area contributed by atoms with E-state index in [1.165, 1.54) is 19.3 Å². The van der Waals surface area contributed by atoms with Gasteiger partial charge < -0.3 is 10.2 Å². The van der Waals surface area contributed by atoms with E-state index in [1.54, 1.807) is 0 Å². The SMILES string of the molecule is O=C(NC1CC1)c1ccc(-c2cc(Cl)c(CC3CCN(C4CCCCC4)C3=O)c(Cl)c2)cc1. The summed E-state index contributed by atoms with van der Waals surface area (Å²) in [7, 11) is 0. The number of halogens is 2. The van der Waals surface area contributed by atoms with Gasteiger partial charge in [-0.1, -0.05) is 54.6 Å². The Hall–Kier alpha value is -2.04. The molecule has 2 aromatic rings. The molecule has 1 N–H and O–H groups in total. The maximum absolute atomic E-state index is 13.1. The predicted molar refractivity (Wildman–Crippen MR) is 133 cm³/mol. The number of carbonyl (C=O) groups is 2. The van der Waals surface area contributed by atoms with Crippen LogP contribution in [0.3, 0.4) is 0 Å². The van der Waals surface area contributed by atoms with Crippen molar-refractivity contribution in [2.45, 2.75) is 69.9 Å². The van der Waals surface area contributed by atoms with Crippen molar-refractivity contribution in [3.63, 3.8) is 0 Å². The van der Waals surface area contributed by atoms with Gasteiger partial charge in [-0.3, -0.25) is 9.59 Å².